The van der Waals surface area contributed by atoms with Crippen LogP contribution in [-0.2, 0) is 4.79 Å². The highest BCUT2D eigenvalue weighted by Gasteiger charge is 2.37. The number of nitrogens with zero attached hydrogens (tertiary/aromatic N) is 3. The first-order valence-electron chi connectivity index (χ1n) is 9.02. The quantitative estimate of drug-likeness (QED) is 0.852. The molecule has 25 heavy (non-hydrogen) atoms. The third-order valence-corrected chi connectivity index (χ3v) is 5.32. The molecule has 6 nitrogen and oxygen atoms in total. The predicted molar refractivity (Wildman–Crippen MR) is 92.2 cm³/mol. The Morgan fingerprint density at radius 3 is 2.64 bits per heavy atom. The summed E-state index contributed by atoms with van der Waals surface area (Å²) in [5.41, 5.74) is 0.855. The molecule has 6 heteroatoms. The number of methoxy groups -OCH3 is 1. The van der Waals surface area contributed by atoms with Gasteiger partial charge in [-0.25, -0.2) is 0 Å². The Balaban J connectivity index is 1.47. The van der Waals surface area contributed by atoms with Crippen LogP contribution in [0, 0.1) is 0 Å². The number of carbonyl (C=O) groups excluding carboxylic acids is 1. The average Bonchev–Trinajstić information content (AvgIpc) is 3.29. The average molecular weight is 341 g/mol. The minimum Gasteiger partial charge on any atom is -0.497 e. The van der Waals surface area contributed by atoms with Crippen molar-refractivity contribution in [1.82, 2.24) is 15.0 Å². The highest BCUT2D eigenvalue weighted by atomic mass is 16.5. The van der Waals surface area contributed by atoms with Gasteiger partial charge in [-0.3, -0.25) is 4.79 Å². The van der Waals surface area contributed by atoms with Crippen molar-refractivity contribution in [2.75, 3.05) is 13.7 Å². The molecule has 1 aliphatic carbocycles. The largest absolute Gasteiger partial charge is 0.497 e. The minimum atomic E-state index is 0.0326. The summed E-state index contributed by atoms with van der Waals surface area (Å²) >= 11 is 0. The molecule has 0 bridgehead atoms. The summed E-state index contributed by atoms with van der Waals surface area (Å²) in [6.07, 6.45) is 6.48. The maximum atomic E-state index is 12.4. The second-order valence-corrected chi connectivity index (χ2v) is 6.93. The van der Waals surface area contributed by atoms with Crippen LogP contribution in [0.5, 0.6) is 5.75 Å². The van der Waals surface area contributed by atoms with Crippen LogP contribution in [0.1, 0.15) is 50.3 Å². The molecular formula is C19H23N3O3. The van der Waals surface area contributed by atoms with E-state index in [4.69, 9.17) is 9.26 Å². The van der Waals surface area contributed by atoms with Crippen molar-refractivity contribution in [3.05, 3.63) is 30.1 Å². The van der Waals surface area contributed by atoms with Crippen LogP contribution < -0.4 is 4.74 Å². The molecule has 2 aliphatic rings. The second kappa shape index (κ2) is 6.86. The zero-order valence-electron chi connectivity index (χ0n) is 14.5. The van der Waals surface area contributed by atoms with E-state index in [1.165, 1.54) is 19.3 Å². The Kier molecular flexibility index (Phi) is 4.42. The Hall–Kier alpha value is -2.37. The van der Waals surface area contributed by atoms with Gasteiger partial charge in [0, 0.05) is 30.5 Å². The van der Waals surface area contributed by atoms with Gasteiger partial charge >= 0.3 is 0 Å². The predicted octanol–water partition coefficient (Wildman–Crippen LogP) is 3.39. The SMILES string of the molecule is COc1ccc(-c2nc(C3CC(=O)N(C4CCCCC4)C3)no2)cc1. The molecule has 4 rings (SSSR count). The Bertz CT molecular complexity index is 735. The van der Waals surface area contributed by atoms with E-state index in [-0.39, 0.29) is 11.8 Å². The van der Waals surface area contributed by atoms with Crippen LogP contribution >= 0.6 is 0 Å². The molecular weight excluding hydrogens is 318 g/mol. The standard InChI is InChI=1S/C19H23N3O3/c1-24-16-9-7-13(8-10-16)19-20-18(21-25-19)14-11-17(23)22(12-14)15-5-3-2-4-6-15/h7-10,14-15H,2-6,11-12H2,1H3. The van der Waals surface area contributed by atoms with Gasteiger partial charge in [0.15, 0.2) is 5.82 Å². The highest BCUT2D eigenvalue weighted by Crippen LogP contribution is 2.33. The molecule has 0 N–H and O–H groups in total. The van der Waals surface area contributed by atoms with Gasteiger partial charge in [-0.2, -0.15) is 4.98 Å². The molecule has 1 saturated heterocycles. The van der Waals surface area contributed by atoms with Gasteiger partial charge in [0.05, 0.1) is 7.11 Å². The van der Waals surface area contributed by atoms with Crippen LogP contribution in [0.3, 0.4) is 0 Å². The Morgan fingerprint density at radius 2 is 1.92 bits per heavy atom. The molecule has 1 aliphatic heterocycles. The van der Waals surface area contributed by atoms with Crippen LogP contribution in [0.25, 0.3) is 11.5 Å². The molecule has 0 spiro atoms. The highest BCUT2D eigenvalue weighted by molar-refractivity contribution is 5.80. The van der Waals surface area contributed by atoms with E-state index in [0.717, 1.165) is 24.2 Å². The van der Waals surface area contributed by atoms with Crippen molar-refractivity contribution in [2.24, 2.45) is 0 Å². The molecule has 2 aromatic rings. The van der Waals surface area contributed by atoms with Gasteiger partial charge < -0.3 is 14.2 Å². The van der Waals surface area contributed by atoms with E-state index in [2.05, 4.69) is 10.1 Å². The zero-order valence-corrected chi connectivity index (χ0v) is 14.5. The molecule has 1 aromatic heterocycles. The number of hydrogen-bond donors (Lipinski definition) is 0. The summed E-state index contributed by atoms with van der Waals surface area (Å²) in [7, 11) is 1.63. The van der Waals surface area contributed by atoms with Crippen molar-refractivity contribution in [1.29, 1.82) is 0 Å². The third-order valence-electron chi connectivity index (χ3n) is 5.32. The van der Waals surface area contributed by atoms with Crippen LogP contribution in [0.2, 0.25) is 0 Å². The monoisotopic (exact) mass is 341 g/mol. The summed E-state index contributed by atoms with van der Waals surface area (Å²) in [6.45, 7) is 0.713. The number of hydrogen-bond acceptors (Lipinski definition) is 5. The number of likely N-dealkylation sites (tertiary alicyclic amines) is 1. The summed E-state index contributed by atoms with van der Waals surface area (Å²) in [6, 6.07) is 7.92. The first-order chi connectivity index (χ1) is 12.2. The Labute approximate surface area is 147 Å². The van der Waals surface area contributed by atoms with Crippen molar-refractivity contribution in [2.45, 2.75) is 50.5 Å². The van der Waals surface area contributed by atoms with Gasteiger partial charge in [-0.15, -0.1) is 0 Å². The van der Waals surface area contributed by atoms with E-state index >= 15 is 0 Å². The number of carbonyl (C=O) groups is 1. The normalized spacial score (nSPS) is 21.7. The van der Waals surface area contributed by atoms with E-state index < -0.39 is 0 Å². The lowest BCUT2D eigenvalue weighted by atomic mass is 9.94. The fourth-order valence-corrected chi connectivity index (χ4v) is 3.90. The number of benzene rings is 1. The van der Waals surface area contributed by atoms with E-state index in [0.29, 0.717) is 30.7 Å². The van der Waals surface area contributed by atoms with Gasteiger partial charge in [-0.05, 0) is 37.1 Å². The molecule has 2 heterocycles. The lowest BCUT2D eigenvalue weighted by Gasteiger charge is -2.31. The molecule has 1 amide bonds. The first kappa shape index (κ1) is 16.1. The van der Waals surface area contributed by atoms with Gasteiger partial charge in [-0.1, -0.05) is 24.4 Å². The first-order valence-corrected chi connectivity index (χ1v) is 9.02. The van der Waals surface area contributed by atoms with Crippen molar-refractivity contribution in [3.63, 3.8) is 0 Å². The van der Waals surface area contributed by atoms with Gasteiger partial charge in [0.2, 0.25) is 5.91 Å². The van der Waals surface area contributed by atoms with Crippen LogP contribution in [-0.4, -0.2) is 40.6 Å². The Morgan fingerprint density at radius 1 is 1.16 bits per heavy atom. The molecule has 132 valence electrons. The molecule has 2 fully saturated rings. The molecule has 1 aromatic carbocycles. The molecule has 1 atom stereocenters. The molecule has 1 saturated carbocycles. The summed E-state index contributed by atoms with van der Waals surface area (Å²) < 4.78 is 10.6. The second-order valence-electron chi connectivity index (χ2n) is 6.93. The lowest BCUT2D eigenvalue weighted by molar-refractivity contribution is -0.130. The number of rotatable bonds is 4. The minimum absolute atomic E-state index is 0.0326. The van der Waals surface area contributed by atoms with Crippen molar-refractivity contribution < 1.29 is 14.1 Å². The third kappa shape index (κ3) is 3.25. The van der Waals surface area contributed by atoms with Crippen molar-refractivity contribution in [3.8, 4) is 17.2 Å². The van der Waals surface area contributed by atoms with Crippen LogP contribution in [0.15, 0.2) is 28.8 Å². The fourth-order valence-electron chi connectivity index (χ4n) is 3.90. The number of ether oxygens (including phenoxy) is 1. The van der Waals surface area contributed by atoms with E-state index in [1.54, 1.807) is 7.11 Å². The van der Waals surface area contributed by atoms with Crippen LogP contribution in [0.4, 0.5) is 0 Å². The van der Waals surface area contributed by atoms with E-state index in [1.807, 2.05) is 29.2 Å². The van der Waals surface area contributed by atoms with Gasteiger partial charge in [0.25, 0.3) is 5.89 Å². The lowest BCUT2D eigenvalue weighted by Crippen LogP contribution is -2.37. The number of amides is 1. The number of aromatic nitrogens is 2. The summed E-state index contributed by atoms with van der Waals surface area (Å²) in [5.74, 6) is 2.17. The smallest absolute Gasteiger partial charge is 0.257 e. The summed E-state index contributed by atoms with van der Waals surface area (Å²) in [4.78, 5) is 19.0. The van der Waals surface area contributed by atoms with Crippen molar-refractivity contribution >= 4 is 5.91 Å². The zero-order chi connectivity index (χ0) is 17.2. The fraction of sp³-hybridized carbons (Fsp3) is 0.526. The maximum Gasteiger partial charge on any atom is 0.257 e. The molecule has 0 radical (unpaired) electrons. The molecule has 1 unspecified atom stereocenters. The maximum absolute atomic E-state index is 12.4. The van der Waals surface area contributed by atoms with E-state index in [9.17, 15) is 4.79 Å². The van der Waals surface area contributed by atoms with Gasteiger partial charge in [0.1, 0.15) is 5.75 Å². The summed E-state index contributed by atoms with van der Waals surface area (Å²) in [5, 5.41) is 4.13. The topological polar surface area (TPSA) is 68.5 Å².